The second kappa shape index (κ2) is 6.21. The summed E-state index contributed by atoms with van der Waals surface area (Å²) in [7, 11) is -3.79. The van der Waals surface area contributed by atoms with E-state index in [4.69, 9.17) is 10.9 Å². The van der Waals surface area contributed by atoms with Crippen molar-refractivity contribution in [3.8, 4) is 0 Å². The van der Waals surface area contributed by atoms with E-state index in [1.165, 1.54) is 6.07 Å². The number of hydrogen-bond donors (Lipinski definition) is 4. The van der Waals surface area contributed by atoms with Crippen LogP contribution in [0.15, 0.2) is 17.0 Å². The van der Waals surface area contributed by atoms with Gasteiger partial charge in [0.25, 0.3) is 0 Å². The van der Waals surface area contributed by atoms with E-state index in [-0.39, 0.29) is 11.0 Å². The van der Waals surface area contributed by atoms with Gasteiger partial charge in [-0.1, -0.05) is 6.42 Å². The van der Waals surface area contributed by atoms with Crippen LogP contribution in [-0.4, -0.2) is 26.2 Å². The Morgan fingerprint density at radius 1 is 1.38 bits per heavy atom. The summed E-state index contributed by atoms with van der Waals surface area (Å²) in [5, 5.41) is 18.1. The number of sulfonamides is 1. The number of nitrogens with one attached hydrogen (secondary N) is 1. The van der Waals surface area contributed by atoms with Gasteiger partial charge >= 0.3 is 0 Å². The fourth-order valence-electron chi connectivity index (χ4n) is 2.89. The Hall–Kier alpha value is -1.31. The Bertz CT molecular complexity index is 616. The SMILES string of the molecule is Cc1c(NCC2CCCC(O)C2)cc(N)cc1S(N)(=O)=O. The molecule has 1 aliphatic carbocycles. The molecule has 0 aliphatic heterocycles. The number of hydrogen-bond acceptors (Lipinski definition) is 5. The molecule has 118 valence electrons. The zero-order valence-corrected chi connectivity index (χ0v) is 13.0. The first-order valence-corrected chi connectivity index (χ1v) is 8.67. The first-order chi connectivity index (χ1) is 9.77. The van der Waals surface area contributed by atoms with Gasteiger partial charge in [-0.05, 0) is 49.8 Å². The maximum absolute atomic E-state index is 11.6. The van der Waals surface area contributed by atoms with E-state index in [0.717, 1.165) is 25.7 Å². The third-order valence-corrected chi connectivity index (χ3v) is 5.06. The lowest BCUT2D eigenvalue weighted by atomic mass is 9.87. The van der Waals surface area contributed by atoms with E-state index >= 15 is 0 Å². The third kappa shape index (κ3) is 4.09. The summed E-state index contributed by atoms with van der Waals surface area (Å²) in [6.45, 7) is 2.39. The van der Waals surface area contributed by atoms with Crippen LogP contribution in [0.4, 0.5) is 11.4 Å². The van der Waals surface area contributed by atoms with Crippen molar-refractivity contribution in [3.05, 3.63) is 17.7 Å². The molecular formula is C14H23N3O3S. The molecule has 0 amide bonds. The van der Waals surface area contributed by atoms with E-state index in [1.54, 1.807) is 13.0 Å². The number of aliphatic hydroxyl groups excluding tert-OH is 1. The molecule has 1 aromatic carbocycles. The summed E-state index contributed by atoms with van der Waals surface area (Å²) in [6, 6.07) is 3.09. The molecule has 2 atom stereocenters. The zero-order chi connectivity index (χ0) is 15.6. The molecule has 0 saturated heterocycles. The van der Waals surface area contributed by atoms with Gasteiger partial charge in [0, 0.05) is 17.9 Å². The summed E-state index contributed by atoms with van der Waals surface area (Å²) in [6.07, 6.45) is 3.49. The predicted molar refractivity (Wildman–Crippen MR) is 83.4 cm³/mol. The maximum atomic E-state index is 11.6. The Morgan fingerprint density at radius 3 is 2.71 bits per heavy atom. The van der Waals surface area contributed by atoms with E-state index in [0.29, 0.717) is 29.4 Å². The monoisotopic (exact) mass is 313 g/mol. The Labute approximate surface area is 125 Å². The molecule has 1 aromatic rings. The highest BCUT2D eigenvalue weighted by Gasteiger charge is 2.21. The summed E-state index contributed by atoms with van der Waals surface area (Å²) in [4.78, 5) is 0.0497. The quantitative estimate of drug-likeness (QED) is 0.623. The van der Waals surface area contributed by atoms with Gasteiger partial charge in [-0.15, -0.1) is 0 Å². The summed E-state index contributed by atoms with van der Waals surface area (Å²) in [5.41, 5.74) is 7.36. The molecule has 6 N–H and O–H groups in total. The van der Waals surface area contributed by atoms with Crippen LogP contribution < -0.4 is 16.2 Å². The van der Waals surface area contributed by atoms with Crippen molar-refractivity contribution >= 4 is 21.4 Å². The van der Waals surface area contributed by atoms with Crippen molar-refractivity contribution in [3.63, 3.8) is 0 Å². The van der Waals surface area contributed by atoms with Crippen molar-refractivity contribution < 1.29 is 13.5 Å². The average Bonchev–Trinajstić information content (AvgIpc) is 2.38. The van der Waals surface area contributed by atoms with Crippen molar-refractivity contribution in [2.24, 2.45) is 11.1 Å². The van der Waals surface area contributed by atoms with Crippen molar-refractivity contribution in [1.82, 2.24) is 0 Å². The molecule has 0 heterocycles. The molecule has 7 heteroatoms. The Kier molecular flexibility index (Phi) is 4.75. The standard InChI is InChI=1S/C14H23N3O3S/c1-9-13(6-11(15)7-14(9)21(16,19)20)17-8-10-3-2-4-12(18)5-10/h6-7,10,12,17-18H,2-5,8,15H2,1H3,(H2,16,19,20). The van der Waals surface area contributed by atoms with Crippen LogP contribution >= 0.6 is 0 Å². The lowest BCUT2D eigenvalue weighted by Gasteiger charge is -2.26. The van der Waals surface area contributed by atoms with E-state index < -0.39 is 10.0 Å². The maximum Gasteiger partial charge on any atom is 0.238 e. The Balaban J connectivity index is 2.15. The molecular weight excluding hydrogens is 290 g/mol. The van der Waals surface area contributed by atoms with Crippen LogP contribution in [0, 0.1) is 12.8 Å². The van der Waals surface area contributed by atoms with Crippen LogP contribution in [0.2, 0.25) is 0 Å². The Morgan fingerprint density at radius 2 is 2.10 bits per heavy atom. The van der Waals surface area contributed by atoms with Crippen LogP contribution in [0.3, 0.4) is 0 Å². The normalized spacial score (nSPS) is 23.0. The number of benzene rings is 1. The van der Waals surface area contributed by atoms with Gasteiger partial charge in [0.2, 0.25) is 10.0 Å². The van der Waals surface area contributed by atoms with Crippen LogP contribution in [0.1, 0.15) is 31.2 Å². The van der Waals surface area contributed by atoms with Gasteiger partial charge in [0.05, 0.1) is 11.0 Å². The number of primary sulfonamides is 1. The van der Waals surface area contributed by atoms with Gasteiger partial charge in [-0.3, -0.25) is 0 Å². The molecule has 2 rings (SSSR count). The molecule has 21 heavy (non-hydrogen) atoms. The van der Waals surface area contributed by atoms with E-state index in [9.17, 15) is 13.5 Å². The number of aliphatic hydroxyl groups is 1. The third-order valence-electron chi connectivity index (χ3n) is 4.03. The first-order valence-electron chi connectivity index (χ1n) is 7.12. The summed E-state index contributed by atoms with van der Waals surface area (Å²) >= 11 is 0. The lowest BCUT2D eigenvalue weighted by Crippen LogP contribution is -2.25. The fraction of sp³-hybridized carbons (Fsp3) is 0.571. The fourth-order valence-corrected chi connectivity index (χ4v) is 3.73. The predicted octanol–water partition coefficient (Wildman–Crippen LogP) is 1.19. The highest BCUT2D eigenvalue weighted by molar-refractivity contribution is 7.89. The van der Waals surface area contributed by atoms with Crippen molar-refractivity contribution in [2.75, 3.05) is 17.6 Å². The highest BCUT2D eigenvalue weighted by atomic mass is 32.2. The highest BCUT2D eigenvalue weighted by Crippen LogP contribution is 2.28. The minimum atomic E-state index is -3.79. The molecule has 2 unspecified atom stereocenters. The number of anilines is 2. The molecule has 0 spiro atoms. The van der Waals surface area contributed by atoms with Gasteiger partial charge in [-0.25, -0.2) is 13.6 Å². The molecule has 1 fully saturated rings. The molecule has 0 radical (unpaired) electrons. The second-order valence-electron chi connectivity index (χ2n) is 5.80. The molecule has 1 aliphatic rings. The lowest BCUT2D eigenvalue weighted by molar-refractivity contribution is 0.105. The van der Waals surface area contributed by atoms with Crippen molar-refractivity contribution in [1.29, 1.82) is 0 Å². The summed E-state index contributed by atoms with van der Waals surface area (Å²) < 4.78 is 23.1. The summed E-state index contributed by atoms with van der Waals surface area (Å²) in [5.74, 6) is 0.382. The zero-order valence-electron chi connectivity index (χ0n) is 12.2. The van der Waals surface area contributed by atoms with Gasteiger partial charge in [0.15, 0.2) is 0 Å². The minimum Gasteiger partial charge on any atom is -0.399 e. The first kappa shape index (κ1) is 16.1. The van der Waals surface area contributed by atoms with Crippen LogP contribution in [-0.2, 0) is 10.0 Å². The largest absolute Gasteiger partial charge is 0.399 e. The minimum absolute atomic E-state index is 0.0497. The number of rotatable bonds is 4. The van der Waals surface area contributed by atoms with Gasteiger partial charge in [-0.2, -0.15) is 0 Å². The molecule has 1 saturated carbocycles. The van der Waals surface area contributed by atoms with Gasteiger partial charge in [0.1, 0.15) is 0 Å². The van der Waals surface area contributed by atoms with Crippen molar-refractivity contribution in [2.45, 2.75) is 43.6 Å². The molecule has 0 aromatic heterocycles. The smallest absolute Gasteiger partial charge is 0.238 e. The number of nitrogen functional groups attached to an aromatic ring is 1. The van der Waals surface area contributed by atoms with Gasteiger partial charge < -0.3 is 16.2 Å². The van der Waals surface area contributed by atoms with E-state index in [2.05, 4.69) is 5.32 Å². The van der Waals surface area contributed by atoms with Crippen LogP contribution in [0.5, 0.6) is 0 Å². The second-order valence-corrected chi connectivity index (χ2v) is 7.33. The molecule has 0 bridgehead atoms. The van der Waals surface area contributed by atoms with Crippen LogP contribution in [0.25, 0.3) is 0 Å². The molecule has 6 nitrogen and oxygen atoms in total. The average molecular weight is 313 g/mol. The number of nitrogens with two attached hydrogens (primary N) is 2. The van der Waals surface area contributed by atoms with E-state index in [1.807, 2.05) is 0 Å². The topological polar surface area (TPSA) is 118 Å².